The van der Waals surface area contributed by atoms with Gasteiger partial charge in [0.05, 0.1) is 10.9 Å². The highest BCUT2D eigenvalue weighted by Crippen LogP contribution is 2.20. The van der Waals surface area contributed by atoms with Gasteiger partial charge in [-0.2, -0.15) is 4.31 Å². The zero-order valence-corrected chi connectivity index (χ0v) is 15.7. The number of nitrogens with one attached hydrogen (secondary N) is 1. The third-order valence-electron chi connectivity index (χ3n) is 3.76. The molecule has 1 aromatic heterocycles. The second-order valence-corrected chi connectivity index (χ2v) is 8.24. The van der Waals surface area contributed by atoms with Crippen LogP contribution in [-0.4, -0.2) is 31.7 Å². The predicted molar refractivity (Wildman–Crippen MR) is 96.7 cm³/mol. The van der Waals surface area contributed by atoms with Gasteiger partial charge in [-0.05, 0) is 36.6 Å². The number of amides is 1. The molecular weight excluding hydrogens is 344 g/mol. The van der Waals surface area contributed by atoms with Crippen molar-refractivity contribution in [3.63, 3.8) is 0 Å². The van der Waals surface area contributed by atoms with Gasteiger partial charge in [0.2, 0.25) is 10.0 Å². The Balaban J connectivity index is 2.22. The highest BCUT2D eigenvalue weighted by Gasteiger charge is 2.22. The van der Waals surface area contributed by atoms with Crippen LogP contribution in [0.1, 0.15) is 42.0 Å². The quantitative estimate of drug-likeness (QED) is 0.818. The van der Waals surface area contributed by atoms with Gasteiger partial charge in [-0.1, -0.05) is 26.0 Å². The van der Waals surface area contributed by atoms with Crippen molar-refractivity contribution in [3.8, 4) is 0 Å². The van der Waals surface area contributed by atoms with Crippen LogP contribution in [0.4, 0.5) is 0 Å². The van der Waals surface area contributed by atoms with Gasteiger partial charge in [-0.15, -0.1) is 11.3 Å². The van der Waals surface area contributed by atoms with Gasteiger partial charge in [0.1, 0.15) is 0 Å². The lowest BCUT2D eigenvalue weighted by atomic mass is 10.2. The summed E-state index contributed by atoms with van der Waals surface area (Å²) >= 11 is 1.57. The zero-order chi connectivity index (χ0) is 17.7. The SMILES string of the molecule is CCN(CC)S(=O)(=O)c1cccc(C(=O)N[C@@H](C)c2cccs2)c1. The number of carbonyl (C=O) groups excluding carboxylic acids is 1. The number of benzene rings is 1. The van der Waals surface area contributed by atoms with Crippen molar-refractivity contribution in [1.29, 1.82) is 0 Å². The molecule has 1 N–H and O–H groups in total. The molecular formula is C17H22N2O3S2. The van der Waals surface area contributed by atoms with E-state index < -0.39 is 10.0 Å². The molecule has 0 saturated carbocycles. The van der Waals surface area contributed by atoms with E-state index in [0.29, 0.717) is 18.7 Å². The van der Waals surface area contributed by atoms with E-state index in [0.717, 1.165) is 4.88 Å². The molecule has 0 fully saturated rings. The van der Waals surface area contributed by atoms with Crippen molar-refractivity contribution in [1.82, 2.24) is 9.62 Å². The van der Waals surface area contributed by atoms with E-state index in [2.05, 4.69) is 5.32 Å². The Hall–Kier alpha value is -1.70. The number of hydrogen-bond donors (Lipinski definition) is 1. The predicted octanol–water partition coefficient (Wildman–Crippen LogP) is 3.27. The fourth-order valence-electron chi connectivity index (χ4n) is 2.40. The van der Waals surface area contributed by atoms with E-state index in [4.69, 9.17) is 0 Å². The van der Waals surface area contributed by atoms with Gasteiger partial charge < -0.3 is 5.32 Å². The van der Waals surface area contributed by atoms with E-state index in [9.17, 15) is 13.2 Å². The molecule has 130 valence electrons. The largest absolute Gasteiger partial charge is 0.345 e. The number of thiophene rings is 1. The van der Waals surface area contributed by atoms with Crippen molar-refractivity contribution in [2.24, 2.45) is 0 Å². The zero-order valence-electron chi connectivity index (χ0n) is 14.0. The van der Waals surface area contributed by atoms with Crippen LogP contribution in [0.3, 0.4) is 0 Å². The van der Waals surface area contributed by atoms with Gasteiger partial charge in [-0.25, -0.2) is 8.42 Å². The lowest BCUT2D eigenvalue weighted by Gasteiger charge is -2.19. The highest BCUT2D eigenvalue weighted by molar-refractivity contribution is 7.89. The Morgan fingerprint density at radius 3 is 2.50 bits per heavy atom. The Bertz CT molecular complexity index is 782. The summed E-state index contributed by atoms with van der Waals surface area (Å²) in [5.41, 5.74) is 0.339. The van der Waals surface area contributed by atoms with Crippen molar-refractivity contribution in [2.75, 3.05) is 13.1 Å². The number of sulfonamides is 1. The molecule has 5 nitrogen and oxygen atoms in total. The lowest BCUT2D eigenvalue weighted by Crippen LogP contribution is -2.31. The molecule has 2 rings (SSSR count). The van der Waals surface area contributed by atoms with E-state index in [1.54, 1.807) is 37.3 Å². The molecule has 1 heterocycles. The maximum atomic E-state index is 12.6. The Labute approximate surface area is 147 Å². The summed E-state index contributed by atoms with van der Waals surface area (Å²) in [6.07, 6.45) is 0. The number of carbonyl (C=O) groups is 1. The van der Waals surface area contributed by atoms with Crippen LogP contribution < -0.4 is 5.32 Å². The van der Waals surface area contributed by atoms with Crippen LogP contribution >= 0.6 is 11.3 Å². The van der Waals surface area contributed by atoms with Gasteiger partial charge >= 0.3 is 0 Å². The Morgan fingerprint density at radius 2 is 1.92 bits per heavy atom. The van der Waals surface area contributed by atoms with Gasteiger partial charge in [0, 0.05) is 23.5 Å². The molecule has 0 unspecified atom stereocenters. The maximum Gasteiger partial charge on any atom is 0.251 e. The van der Waals surface area contributed by atoms with Gasteiger partial charge in [0.25, 0.3) is 5.91 Å². The number of hydrogen-bond acceptors (Lipinski definition) is 4. The summed E-state index contributed by atoms with van der Waals surface area (Å²) in [6, 6.07) is 9.94. The maximum absolute atomic E-state index is 12.6. The molecule has 24 heavy (non-hydrogen) atoms. The van der Waals surface area contributed by atoms with E-state index in [-0.39, 0.29) is 16.8 Å². The molecule has 0 saturated heterocycles. The minimum absolute atomic E-state index is 0.124. The molecule has 0 bridgehead atoms. The van der Waals surface area contributed by atoms with Crippen LogP contribution in [0.5, 0.6) is 0 Å². The molecule has 1 atom stereocenters. The lowest BCUT2D eigenvalue weighted by molar-refractivity contribution is 0.0940. The average molecular weight is 367 g/mol. The normalized spacial score (nSPS) is 13.0. The first-order chi connectivity index (χ1) is 11.4. The van der Waals surface area contributed by atoms with Crippen LogP contribution in [-0.2, 0) is 10.0 Å². The van der Waals surface area contributed by atoms with Crippen molar-refractivity contribution in [2.45, 2.75) is 31.7 Å². The molecule has 1 aromatic carbocycles. The van der Waals surface area contributed by atoms with Crippen molar-refractivity contribution >= 4 is 27.3 Å². The summed E-state index contributed by atoms with van der Waals surface area (Å²) in [5.74, 6) is -0.285. The molecule has 1 amide bonds. The second kappa shape index (κ2) is 7.92. The van der Waals surface area contributed by atoms with Crippen LogP contribution in [0.25, 0.3) is 0 Å². The topological polar surface area (TPSA) is 66.5 Å². The second-order valence-electron chi connectivity index (χ2n) is 5.33. The van der Waals surface area contributed by atoms with Crippen LogP contribution in [0.2, 0.25) is 0 Å². The summed E-state index contributed by atoms with van der Waals surface area (Å²) in [4.78, 5) is 13.6. The summed E-state index contributed by atoms with van der Waals surface area (Å²) in [6.45, 7) is 6.27. The van der Waals surface area contributed by atoms with Crippen molar-refractivity contribution < 1.29 is 13.2 Å². The summed E-state index contributed by atoms with van der Waals surface area (Å²) < 4.78 is 26.5. The number of nitrogens with zero attached hydrogens (tertiary/aromatic N) is 1. The Kier molecular flexibility index (Phi) is 6.15. The molecule has 0 spiro atoms. The smallest absolute Gasteiger partial charge is 0.251 e. The van der Waals surface area contributed by atoms with Gasteiger partial charge in [0.15, 0.2) is 0 Å². The first kappa shape index (κ1) is 18.6. The molecule has 0 radical (unpaired) electrons. The average Bonchev–Trinajstić information content (AvgIpc) is 3.10. The molecule has 0 aliphatic heterocycles. The van der Waals surface area contributed by atoms with Gasteiger partial charge in [-0.3, -0.25) is 4.79 Å². The van der Waals surface area contributed by atoms with Crippen LogP contribution in [0.15, 0.2) is 46.7 Å². The molecule has 2 aromatic rings. The monoisotopic (exact) mass is 366 g/mol. The minimum atomic E-state index is -3.57. The third kappa shape index (κ3) is 4.03. The summed E-state index contributed by atoms with van der Waals surface area (Å²) in [7, 11) is -3.57. The fraction of sp³-hybridized carbons (Fsp3) is 0.353. The first-order valence-corrected chi connectivity index (χ1v) is 10.2. The van der Waals surface area contributed by atoms with Crippen LogP contribution in [0, 0.1) is 0 Å². The number of rotatable bonds is 7. The Morgan fingerprint density at radius 1 is 1.21 bits per heavy atom. The standard InChI is InChI=1S/C17H22N2O3S2/c1-4-19(5-2)24(21,22)15-9-6-8-14(12-15)17(20)18-13(3)16-10-7-11-23-16/h6-13H,4-5H2,1-3H3,(H,18,20)/t13-/m0/s1. The first-order valence-electron chi connectivity index (χ1n) is 7.84. The minimum Gasteiger partial charge on any atom is -0.345 e. The molecule has 0 aliphatic rings. The van der Waals surface area contributed by atoms with E-state index in [1.807, 2.05) is 24.4 Å². The highest BCUT2D eigenvalue weighted by atomic mass is 32.2. The molecule has 7 heteroatoms. The van der Waals surface area contributed by atoms with Crippen molar-refractivity contribution in [3.05, 3.63) is 52.2 Å². The van der Waals surface area contributed by atoms with E-state index in [1.165, 1.54) is 16.4 Å². The van der Waals surface area contributed by atoms with E-state index >= 15 is 0 Å². The molecule has 0 aliphatic carbocycles. The third-order valence-corrected chi connectivity index (χ3v) is 6.86. The summed E-state index contributed by atoms with van der Waals surface area (Å²) in [5, 5.41) is 4.85. The fourth-order valence-corrected chi connectivity index (χ4v) is 4.64.